The van der Waals surface area contributed by atoms with Crippen LogP contribution in [0.2, 0.25) is 0 Å². The van der Waals surface area contributed by atoms with Gasteiger partial charge in [0.15, 0.2) is 0 Å². The van der Waals surface area contributed by atoms with Crippen LogP contribution in [-0.4, -0.2) is 18.0 Å². The molecule has 1 unspecified atom stereocenters. The standard InChI is InChI=1S/C13H19F2N3O/c1-7(2)17-13(19)8(3)18-11-5-4-9(16)6-10(11)12(14)15/h4-8,12,18H,16H2,1-3H3,(H,17,19). The summed E-state index contributed by atoms with van der Waals surface area (Å²) >= 11 is 0. The third-order valence-corrected chi connectivity index (χ3v) is 2.51. The van der Waals surface area contributed by atoms with Gasteiger partial charge in [0.05, 0.1) is 0 Å². The Labute approximate surface area is 111 Å². The minimum Gasteiger partial charge on any atom is -0.399 e. The van der Waals surface area contributed by atoms with Crippen molar-refractivity contribution in [2.24, 2.45) is 0 Å². The van der Waals surface area contributed by atoms with Gasteiger partial charge < -0.3 is 16.4 Å². The van der Waals surface area contributed by atoms with Crippen molar-refractivity contribution in [3.63, 3.8) is 0 Å². The number of alkyl halides is 2. The average molecular weight is 271 g/mol. The topological polar surface area (TPSA) is 67.2 Å². The molecular weight excluding hydrogens is 252 g/mol. The number of benzene rings is 1. The lowest BCUT2D eigenvalue weighted by Crippen LogP contribution is -2.41. The fourth-order valence-electron chi connectivity index (χ4n) is 1.60. The second kappa shape index (κ2) is 6.36. The molecule has 1 aromatic carbocycles. The molecule has 0 heterocycles. The van der Waals surface area contributed by atoms with E-state index >= 15 is 0 Å². The molecule has 0 bridgehead atoms. The Hall–Kier alpha value is -1.85. The van der Waals surface area contributed by atoms with Gasteiger partial charge in [0.2, 0.25) is 5.91 Å². The van der Waals surface area contributed by atoms with Crippen LogP contribution in [0, 0.1) is 0 Å². The van der Waals surface area contributed by atoms with Gasteiger partial charge in [0.25, 0.3) is 6.43 Å². The largest absolute Gasteiger partial charge is 0.399 e. The monoisotopic (exact) mass is 271 g/mol. The molecule has 0 saturated heterocycles. The third-order valence-electron chi connectivity index (χ3n) is 2.51. The van der Waals surface area contributed by atoms with Crippen molar-refractivity contribution < 1.29 is 13.6 Å². The summed E-state index contributed by atoms with van der Waals surface area (Å²) in [5.41, 5.74) is 5.76. The third kappa shape index (κ3) is 4.39. The van der Waals surface area contributed by atoms with Crippen LogP contribution in [0.1, 0.15) is 32.8 Å². The van der Waals surface area contributed by atoms with Crippen LogP contribution in [0.3, 0.4) is 0 Å². The molecule has 19 heavy (non-hydrogen) atoms. The number of rotatable bonds is 5. The van der Waals surface area contributed by atoms with Crippen molar-refractivity contribution in [2.45, 2.75) is 39.3 Å². The van der Waals surface area contributed by atoms with Gasteiger partial charge in [-0.2, -0.15) is 0 Å². The average Bonchev–Trinajstić information content (AvgIpc) is 2.30. The Morgan fingerprint density at radius 3 is 2.42 bits per heavy atom. The van der Waals surface area contributed by atoms with Crippen LogP contribution in [-0.2, 0) is 4.79 Å². The van der Waals surface area contributed by atoms with Gasteiger partial charge in [0, 0.05) is 23.0 Å². The number of anilines is 2. The number of nitrogens with two attached hydrogens (primary N) is 1. The van der Waals surface area contributed by atoms with E-state index < -0.39 is 12.5 Å². The molecule has 4 nitrogen and oxygen atoms in total. The van der Waals surface area contributed by atoms with Crippen LogP contribution in [0.15, 0.2) is 18.2 Å². The second-order valence-electron chi connectivity index (χ2n) is 4.68. The molecule has 1 atom stereocenters. The van der Waals surface area contributed by atoms with Crippen molar-refractivity contribution in [1.29, 1.82) is 0 Å². The highest BCUT2D eigenvalue weighted by molar-refractivity contribution is 5.84. The highest BCUT2D eigenvalue weighted by atomic mass is 19.3. The van der Waals surface area contributed by atoms with Crippen molar-refractivity contribution in [3.05, 3.63) is 23.8 Å². The first-order chi connectivity index (χ1) is 8.81. The molecule has 106 valence electrons. The van der Waals surface area contributed by atoms with Crippen molar-refractivity contribution in [3.8, 4) is 0 Å². The van der Waals surface area contributed by atoms with Gasteiger partial charge in [-0.3, -0.25) is 4.79 Å². The summed E-state index contributed by atoms with van der Waals surface area (Å²) in [5.74, 6) is -0.243. The van der Waals surface area contributed by atoms with Gasteiger partial charge in [0.1, 0.15) is 6.04 Å². The lowest BCUT2D eigenvalue weighted by atomic mass is 10.1. The summed E-state index contributed by atoms with van der Waals surface area (Å²) in [4.78, 5) is 11.7. The van der Waals surface area contributed by atoms with E-state index in [9.17, 15) is 13.6 Å². The molecule has 0 spiro atoms. The van der Waals surface area contributed by atoms with Crippen LogP contribution < -0.4 is 16.4 Å². The minimum absolute atomic E-state index is 0.00210. The normalized spacial score (nSPS) is 12.6. The summed E-state index contributed by atoms with van der Waals surface area (Å²) in [5, 5.41) is 5.49. The van der Waals surface area contributed by atoms with Crippen LogP contribution in [0.5, 0.6) is 0 Å². The van der Waals surface area contributed by atoms with Gasteiger partial charge in [-0.25, -0.2) is 8.78 Å². The molecule has 0 aliphatic carbocycles. The zero-order valence-corrected chi connectivity index (χ0v) is 11.2. The number of nitrogen functional groups attached to an aromatic ring is 1. The zero-order valence-electron chi connectivity index (χ0n) is 11.2. The lowest BCUT2D eigenvalue weighted by Gasteiger charge is -2.19. The maximum atomic E-state index is 12.9. The van der Waals surface area contributed by atoms with E-state index in [2.05, 4.69) is 10.6 Å². The Bertz CT molecular complexity index is 450. The molecular formula is C13H19F2N3O. The first-order valence-electron chi connectivity index (χ1n) is 6.05. The first kappa shape index (κ1) is 15.2. The molecule has 0 fully saturated rings. The molecule has 4 N–H and O–H groups in total. The van der Waals surface area contributed by atoms with Crippen LogP contribution in [0.4, 0.5) is 20.2 Å². The highest BCUT2D eigenvalue weighted by Gasteiger charge is 2.18. The van der Waals surface area contributed by atoms with E-state index in [1.165, 1.54) is 18.2 Å². The summed E-state index contributed by atoms with van der Waals surface area (Å²) in [6.45, 7) is 5.28. The van der Waals surface area contributed by atoms with E-state index in [4.69, 9.17) is 5.73 Å². The van der Waals surface area contributed by atoms with E-state index in [1.54, 1.807) is 6.92 Å². The Morgan fingerprint density at radius 2 is 1.89 bits per heavy atom. The number of carbonyl (C=O) groups excluding carboxylic acids is 1. The lowest BCUT2D eigenvalue weighted by molar-refractivity contribution is -0.122. The molecule has 1 amide bonds. The summed E-state index contributed by atoms with van der Waals surface area (Å²) < 4.78 is 25.7. The van der Waals surface area contributed by atoms with Crippen LogP contribution in [0.25, 0.3) is 0 Å². The molecule has 0 aromatic heterocycles. The second-order valence-corrected chi connectivity index (χ2v) is 4.68. The zero-order chi connectivity index (χ0) is 14.6. The predicted molar refractivity (Wildman–Crippen MR) is 72.2 cm³/mol. The molecule has 0 saturated carbocycles. The number of nitrogens with one attached hydrogen (secondary N) is 2. The van der Waals surface area contributed by atoms with E-state index in [1.807, 2.05) is 13.8 Å². The number of hydrogen-bond donors (Lipinski definition) is 3. The SMILES string of the molecule is CC(C)NC(=O)C(C)Nc1ccc(N)cc1C(F)F. The molecule has 0 aliphatic rings. The Balaban J connectivity index is 2.84. The van der Waals surface area contributed by atoms with Crippen molar-refractivity contribution in [2.75, 3.05) is 11.1 Å². The Kier molecular flexibility index (Phi) is 5.09. The molecule has 1 rings (SSSR count). The van der Waals surface area contributed by atoms with Gasteiger partial charge in [-0.1, -0.05) is 0 Å². The fourth-order valence-corrected chi connectivity index (χ4v) is 1.60. The van der Waals surface area contributed by atoms with Crippen LogP contribution >= 0.6 is 0 Å². The van der Waals surface area contributed by atoms with E-state index in [0.717, 1.165) is 0 Å². The first-order valence-corrected chi connectivity index (χ1v) is 6.05. The van der Waals surface area contributed by atoms with Gasteiger partial charge in [-0.05, 0) is 39.0 Å². The van der Waals surface area contributed by atoms with Gasteiger partial charge >= 0.3 is 0 Å². The molecule has 1 aromatic rings. The highest BCUT2D eigenvalue weighted by Crippen LogP contribution is 2.29. The van der Waals surface area contributed by atoms with E-state index in [0.29, 0.717) is 0 Å². The Morgan fingerprint density at radius 1 is 1.26 bits per heavy atom. The number of hydrogen-bond acceptors (Lipinski definition) is 3. The quantitative estimate of drug-likeness (QED) is 0.721. The summed E-state index contributed by atoms with van der Waals surface area (Å²) in [7, 11) is 0. The maximum absolute atomic E-state index is 12.9. The van der Waals surface area contributed by atoms with Gasteiger partial charge in [-0.15, -0.1) is 0 Å². The van der Waals surface area contributed by atoms with E-state index in [-0.39, 0.29) is 28.9 Å². The molecule has 0 aliphatic heterocycles. The van der Waals surface area contributed by atoms with Crippen molar-refractivity contribution in [1.82, 2.24) is 5.32 Å². The number of amides is 1. The number of halogens is 2. The van der Waals surface area contributed by atoms with Crippen molar-refractivity contribution >= 4 is 17.3 Å². The summed E-state index contributed by atoms with van der Waals surface area (Å²) in [6, 6.07) is 3.57. The molecule has 6 heteroatoms. The molecule has 0 radical (unpaired) electrons. The fraction of sp³-hybridized carbons (Fsp3) is 0.462. The smallest absolute Gasteiger partial charge is 0.265 e. The maximum Gasteiger partial charge on any atom is 0.265 e. The summed E-state index contributed by atoms with van der Waals surface area (Å²) in [6.07, 6.45) is -2.65. The number of carbonyl (C=O) groups is 1. The minimum atomic E-state index is -2.65. The predicted octanol–water partition coefficient (Wildman–Crippen LogP) is 2.53.